The van der Waals surface area contributed by atoms with Crippen molar-refractivity contribution in [2.75, 3.05) is 13.2 Å². The molecule has 136 valence electrons. The summed E-state index contributed by atoms with van der Waals surface area (Å²) >= 11 is 0. The van der Waals surface area contributed by atoms with Crippen LogP contribution in [-0.2, 0) is 11.3 Å². The molecule has 1 atom stereocenters. The Morgan fingerprint density at radius 2 is 1.92 bits per heavy atom. The smallest absolute Gasteiger partial charge is 0.269 e. The third kappa shape index (κ3) is 4.80. The molecule has 7 heteroatoms. The van der Waals surface area contributed by atoms with Crippen molar-refractivity contribution in [1.29, 1.82) is 0 Å². The molecule has 0 saturated carbocycles. The molecule has 0 unspecified atom stereocenters. The van der Waals surface area contributed by atoms with Crippen LogP contribution in [0.2, 0.25) is 0 Å². The van der Waals surface area contributed by atoms with Crippen LogP contribution in [0, 0.1) is 10.1 Å². The molecule has 1 aliphatic heterocycles. The zero-order chi connectivity index (χ0) is 18.4. The zero-order valence-corrected chi connectivity index (χ0v) is 14.2. The van der Waals surface area contributed by atoms with Crippen LogP contribution >= 0.6 is 0 Å². The number of hydrogen-bond donors (Lipinski definition) is 1. The summed E-state index contributed by atoms with van der Waals surface area (Å²) in [5.74, 6) is 0.490. The number of nitrogens with zero attached hydrogens (tertiary/aromatic N) is 1. The van der Waals surface area contributed by atoms with E-state index in [1.807, 2.05) is 24.3 Å². The van der Waals surface area contributed by atoms with Gasteiger partial charge in [-0.15, -0.1) is 0 Å². The summed E-state index contributed by atoms with van der Waals surface area (Å²) in [6, 6.07) is 13.0. The van der Waals surface area contributed by atoms with Crippen molar-refractivity contribution in [3.8, 4) is 5.75 Å². The molecule has 0 aromatic heterocycles. The number of ether oxygens (including phenoxy) is 2. The van der Waals surface area contributed by atoms with Crippen LogP contribution in [0.25, 0.3) is 0 Å². The van der Waals surface area contributed by atoms with Gasteiger partial charge in [0, 0.05) is 30.8 Å². The van der Waals surface area contributed by atoms with Crippen molar-refractivity contribution < 1.29 is 19.2 Å². The Balaban J connectivity index is 1.47. The molecular formula is C19H20N2O5. The van der Waals surface area contributed by atoms with E-state index in [1.54, 1.807) is 0 Å². The number of non-ortho nitro benzene ring substituents is 1. The topological polar surface area (TPSA) is 90.7 Å². The van der Waals surface area contributed by atoms with E-state index in [9.17, 15) is 14.9 Å². The SMILES string of the molecule is O=C(NCc1ccc(OC[C@@H]2CCCO2)cc1)c1ccc([N+](=O)[O-])cc1. The lowest BCUT2D eigenvalue weighted by atomic mass is 10.1. The van der Waals surface area contributed by atoms with E-state index in [1.165, 1.54) is 24.3 Å². The van der Waals surface area contributed by atoms with Gasteiger partial charge in [-0.05, 0) is 42.7 Å². The number of nitro groups is 1. The van der Waals surface area contributed by atoms with Gasteiger partial charge >= 0.3 is 0 Å². The molecule has 1 heterocycles. The Morgan fingerprint density at radius 1 is 1.19 bits per heavy atom. The molecule has 3 rings (SSSR count). The molecule has 1 amide bonds. The lowest BCUT2D eigenvalue weighted by Gasteiger charge is -2.12. The van der Waals surface area contributed by atoms with Crippen LogP contribution in [0.15, 0.2) is 48.5 Å². The molecule has 26 heavy (non-hydrogen) atoms. The van der Waals surface area contributed by atoms with Crippen LogP contribution in [0.5, 0.6) is 5.75 Å². The predicted octanol–water partition coefficient (Wildman–Crippen LogP) is 3.08. The summed E-state index contributed by atoms with van der Waals surface area (Å²) in [5, 5.41) is 13.4. The third-order valence-corrected chi connectivity index (χ3v) is 4.18. The molecule has 1 N–H and O–H groups in total. The third-order valence-electron chi connectivity index (χ3n) is 4.18. The Bertz CT molecular complexity index is 753. The van der Waals surface area contributed by atoms with Gasteiger partial charge in [-0.2, -0.15) is 0 Å². The maximum Gasteiger partial charge on any atom is 0.269 e. The normalized spacial score (nSPS) is 16.2. The second-order valence-corrected chi connectivity index (χ2v) is 6.08. The lowest BCUT2D eigenvalue weighted by Crippen LogP contribution is -2.22. The van der Waals surface area contributed by atoms with E-state index in [4.69, 9.17) is 9.47 Å². The summed E-state index contributed by atoms with van der Waals surface area (Å²) in [6.45, 7) is 1.72. The second kappa shape index (κ2) is 8.44. The molecule has 0 aliphatic carbocycles. The number of nitro benzene ring substituents is 1. The van der Waals surface area contributed by atoms with Gasteiger partial charge in [-0.25, -0.2) is 0 Å². The van der Waals surface area contributed by atoms with Gasteiger partial charge in [-0.1, -0.05) is 12.1 Å². The maximum absolute atomic E-state index is 12.1. The highest BCUT2D eigenvalue weighted by Gasteiger charge is 2.16. The summed E-state index contributed by atoms with van der Waals surface area (Å²) in [5.41, 5.74) is 1.27. The number of benzene rings is 2. The van der Waals surface area contributed by atoms with Crippen molar-refractivity contribution in [3.05, 3.63) is 69.8 Å². The Morgan fingerprint density at radius 3 is 2.54 bits per heavy atom. The fraction of sp³-hybridized carbons (Fsp3) is 0.316. The largest absolute Gasteiger partial charge is 0.491 e. The van der Waals surface area contributed by atoms with Gasteiger partial charge in [0.1, 0.15) is 12.4 Å². The van der Waals surface area contributed by atoms with Crippen LogP contribution in [0.3, 0.4) is 0 Å². The molecule has 0 spiro atoms. The van der Waals surface area contributed by atoms with Crippen LogP contribution < -0.4 is 10.1 Å². The number of hydrogen-bond acceptors (Lipinski definition) is 5. The van der Waals surface area contributed by atoms with Crippen molar-refractivity contribution in [3.63, 3.8) is 0 Å². The van der Waals surface area contributed by atoms with Crippen LogP contribution in [-0.4, -0.2) is 30.1 Å². The Kier molecular flexibility index (Phi) is 5.80. The molecule has 2 aromatic rings. The van der Waals surface area contributed by atoms with Gasteiger partial charge < -0.3 is 14.8 Å². The average Bonchev–Trinajstić information content (AvgIpc) is 3.19. The number of rotatable bonds is 7. The fourth-order valence-corrected chi connectivity index (χ4v) is 2.69. The zero-order valence-electron chi connectivity index (χ0n) is 14.2. The number of nitrogens with one attached hydrogen (secondary N) is 1. The fourth-order valence-electron chi connectivity index (χ4n) is 2.69. The molecule has 7 nitrogen and oxygen atoms in total. The highest BCUT2D eigenvalue weighted by Crippen LogP contribution is 2.17. The highest BCUT2D eigenvalue weighted by atomic mass is 16.6. The van der Waals surface area contributed by atoms with Gasteiger partial charge in [0.05, 0.1) is 11.0 Å². The summed E-state index contributed by atoms with van der Waals surface area (Å²) in [6.07, 6.45) is 2.30. The maximum atomic E-state index is 12.1. The van der Waals surface area contributed by atoms with E-state index >= 15 is 0 Å². The summed E-state index contributed by atoms with van der Waals surface area (Å²) in [7, 11) is 0. The first kappa shape index (κ1) is 17.9. The molecule has 1 saturated heterocycles. The second-order valence-electron chi connectivity index (χ2n) is 6.08. The first-order valence-corrected chi connectivity index (χ1v) is 8.48. The van der Waals surface area contributed by atoms with Gasteiger partial charge in [0.15, 0.2) is 0 Å². The minimum atomic E-state index is -0.496. The summed E-state index contributed by atoms with van der Waals surface area (Å²) < 4.78 is 11.2. The molecular weight excluding hydrogens is 336 g/mol. The van der Waals surface area contributed by atoms with Crippen molar-refractivity contribution in [2.24, 2.45) is 0 Å². The van der Waals surface area contributed by atoms with Gasteiger partial charge in [-0.3, -0.25) is 14.9 Å². The van der Waals surface area contributed by atoms with Crippen LogP contribution in [0.4, 0.5) is 5.69 Å². The Hall–Kier alpha value is -2.93. The summed E-state index contributed by atoms with van der Waals surface area (Å²) in [4.78, 5) is 22.2. The minimum absolute atomic E-state index is 0.0415. The monoisotopic (exact) mass is 356 g/mol. The van der Waals surface area contributed by atoms with Gasteiger partial charge in [0.25, 0.3) is 11.6 Å². The average molecular weight is 356 g/mol. The standard InChI is InChI=1S/C19H20N2O5/c22-19(15-5-7-16(8-6-15)21(23)24)20-12-14-3-9-17(10-4-14)26-13-18-2-1-11-25-18/h3-10,18H,1-2,11-13H2,(H,20,22)/t18-/m0/s1. The quantitative estimate of drug-likeness (QED) is 0.608. The van der Waals surface area contributed by atoms with Crippen molar-refractivity contribution in [2.45, 2.75) is 25.5 Å². The van der Waals surface area contributed by atoms with E-state index in [0.717, 1.165) is 30.8 Å². The molecule has 0 radical (unpaired) electrons. The first-order chi connectivity index (χ1) is 12.6. The van der Waals surface area contributed by atoms with Crippen molar-refractivity contribution >= 4 is 11.6 Å². The number of carbonyl (C=O) groups excluding carboxylic acids is 1. The van der Waals surface area contributed by atoms with E-state index < -0.39 is 4.92 Å². The van der Waals surface area contributed by atoms with Crippen LogP contribution in [0.1, 0.15) is 28.8 Å². The highest BCUT2D eigenvalue weighted by molar-refractivity contribution is 5.94. The predicted molar refractivity (Wildman–Crippen MR) is 95.2 cm³/mol. The van der Waals surface area contributed by atoms with Gasteiger partial charge in [0.2, 0.25) is 0 Å². The first-order valence-electron chi connectivity index (χ1n) is 8.48. The molecule has 1 aliphatic rings. The van der Waals surface area contributed by atoms with E-state index in [0.29, 0.717) is 18.7 Å². The molecule has 1 fully saturated rings. The molecule has 2 aromatic carbocycles. The molecule has 0 bridgehead atoms. The van der Waals surface area contributed by atoms with E-state index in [-0.39, 0.29) is 17.7 Å². The number of carbonyl (C=O) groups is 1. The lowest BCUT2D eigenvalue weighted by molar-refractivity contribution is -0.384. The Labute approximate surface area is 151 Å². The minimum Gasteiger partial charge on any atom is -0.491 e. The van der Waals surface area contributed by atoms with E-state index in [2.05, 4.69) is 5.32 Å². The van der Waals surface area contributed by atoms with Crippen molar-refractivity contribution in [1.82, 2.24) is 5.32 Å². The number of amides is 1.